The molecule has 9 aromatic rings. The second-order valence-corrected chi connectivity index (χ2v) is 10.9. The predicted molar refractivity (Wildman–Crippen MR) is 172 cm³/mol. The van der Waals surface area contributed by atoms with Crippen molar-refractivity contribution in [1.82, 2.24) is 9.88 Å². The van der Waals surface area contributed by atoms with Gasteiger partial charge in [-0.15, -0.1) is 0 Å². The van der Waals surface area contributed by atoms with Gasteiger partial charge in [-0.25, -0.2) is 0 Å². The van der Waals surface area contributed by atoms with E-state index in [1.807, 2.05) is 30.3 Å². The van der Waals surface area contributed by atoms with Crippen LogP contribution in [0.1, 0.15) is 11.1 Å². The molecule has 0 atom stereocenters. The largest absolute Gasteiger partial charge is 0.456 e. The molecule has 3 aromatic heterocycles. The Balaban J connectivity index is 1.10. The fourth-order valence-electron chi connectivity index (χ4n) is 6.66. The van der Waals surface area contributed by atoms with Crippen molar-refractivity contribution in [2.75, 3.05) is 0 Å². The molecule has 3 heterocycles. The van der Waals surface area contributed by atoms with E-state index < -0.39 is 0 Å². The van der Waals surface area contributed by atoms with Crippen LogP contribution in [0.25, 0.3) is 71.4 Å². The summed E-state index contributed by atoms with van der Waals surface area (Å²) in [5, 5.41) is 10.7. The van der Waals surface area contributed by atoms with Gasteiger partial charge in [0.2, 0.25) is 0 Å². The molecule has 6 aromatic carbocycles. The summed E-state index contributed by atoms with van der Waals surface area (Å²) >= 11 is 0. The molecule has 0 unspecified atom stereocenters. The predicted octanol–water partition coefficient (Wildman–Crippen LogP) is 9.87. The van der Waals surface area contributed by atoms with E-state index in [1.165, 1.54) is 27.4 Å². The smallest absolute Gasteiger partial charge is 0.145 e. The summed E-state index contributed by atoms with van der Waals surface area (Å²) < 4.78 is 14.9. The fraction of sp³-hybridized carbons (Fsp3) is 0.0526. The molecule has 42 heavy (non-hydrogen) atoms. The van der Waals surface area contributed by atoms with Crippen LogP contribution in [0.5, 0.6) is 0 Å². The highest BCUT2D eigenvalue weighted by Gasteiger charge is 2.18. The number of para-hydroxylation sites is 3. The summed E-state index contributed by atoms with van der Waals surface area (Å²) in [7, 11) is 0. The Morgan fingerprint density at radius 2 is 1.24 bits per heavy atom. The number of hydrogen-bond acceptors (Lipinski definition) is 3. The van der Waals surface area contributed by atoms with Crippen LogP contribution in [-0.2, 0) is 13.1 Å². The number of aromatic nitrogens is 1. The maximum absolute atomic E-state index is 6.46. The van der Waals surface area contributed by atoms with Gasteiger partial charge in [-0.2, -0.15) is 0 Å². The molecular formula is C38H26N2O2. The first-order valence-corrected chi connectivity index (χ1v) is 14.4. The first-order chi connectivity index (χ1) is 20.8. The number of rotatable bonds is 5. The van der Waals surface area contributed by atoms with E-state index in [-0.39, 0.29) is 0 Å². The molecule has 9 rings (SSSR count). The molecule has 1 N–H and O–H groups in total. The Labute approximate surface area is 241 Å². The number of nitrogens with one attached hydrogen (secondary N) is 1. The monoisotopic (exact) mass is 542 g/mol. The van der Waals surface area contributed by atoms with Gasteiger partial charge >= 0.3 is 0 Å². The zero-order valence-corrected chi connectivity index (χ0v) is 22.8. The summed E-state index contributed by atoms with van der Waals surface area (Å²) in [6, 6.07) is 44.7. The highest BCUT2D eigenvalue weighted by atomic mass is 16.3. The van der Waals surface area contributed by atoms with Gasteiger partial charge in [0.1, 0.15) is 22.3 Å². The second kappa shape index (κ2) is 9.10. The fourth-order valence-corrected chi connectivity index (χ4v) is 6.66. The number of benzene rings is 6. The van der Waals surface area contributed by atoms with Gasteiger partial charge in [-0.3, -0.25) is 0 Å². The third-order valence-corrected chi connectivity index (χ3v) is 8.48. The lowest BCUT2D eigenvalue weighted by molar-refractivity contribution is 0.666. The van der Waals surface area contributed by atoms with Crippen LogP contribution in [0.3, 0.4) is 0 Å². The molecule has 0 saturated heterocycles. The lowest BCUT2D eigenvalue weighted by Crippen LogP contribution is -2.13. The Kier molecular flexibility index (Phi) is 5.07. The molecule has 0 aliphatic rings. The normalized spacial score (nSPS) is 12.1. The minimum Gasteiger partial charge on any atom is -0.456 e. The van der Waals surface area contributed by atoms with Gasteiger partial charge in [-0.05, 0) is 59.7 Å². The van der Waals surface area contributed by atoms with Gasteiger partial charge < -0.3 is 18.7 Å². The Morgan fingerprint density at radius 1 is 0.500 bits per heavy atom. The quantitative estimate of drug-likeness (QED) is 0.235. The standard InChI is InChI=1S/C38H26N2O2/c1-4-15-31-29(13-1)37-32(20-19-28-27-12-2-5-16-33(27)42-38(28)37)40(31)26-11-7-9-24(21-26)22-39-23-25-10-8-18-35-36(25)30-14-3-6-17-34(30)41-35/h1-21,39H,22-23H2. The van der Waals surface area contributed by atoms with Gasteiger partial charge in [-0.1, -0.05) is 78.9 Å². The zero-order chi connectivity index (χ0) is 27.6. The highest BCUT2D eigenvalue weighted by molar-refractivity contribution is 6.23. The van der Waals surface area contributed by atoms with E-state index in [1.54, 1.807) is 0 Å². The second-order valence-electron chi connectivity index (χ2n) is 10.9. The lowest BCUT2D eigenvalue weighted by atomic mass is 10.1. The molecular weight excluding hydrogens is 516 g/mol. The van der Waals surface area contributed by atoms with Gasteiger partial charge in [0.15, 0.2) is 0 Å². The highest BCUT2D eigenvalue weighted by Crippen LogP contribution is 2.40. The molecule has 0 radical (unpaired) electrons. The average molecular weight is 543 g/mol. The summed E-state index contributed by atoms with van der Waals surface area (Å²) in [6.07, 6.45) is 0. The van der Waals surface area contributed by atoms with E-state index in [0.717, 1.165) is 68.2 Å². The zero-order valence-electron chi connectivity index (χ0n) is 22.8. The molecule has 0 saturated carbocycles. The van der Waals surface area contributed by atoms with Crippen molar-refractivity contribution < 1.29 is 8.83 Å². The lowest BCUT2D eigenvalue weighted by Gasteiger charge is -2.11. The third-order valence-electron chi connectivity index (χ3n) is 8.48. The van der Waals surface area contributed by atoms with Crippen molar-refractivity contribution in [3.63, 3.8) is 0 Å². The van der Waals surface area contributed by atoms with Crippen molar-refractivity contribution in [1.29, 1.82) is 0 Å². The Morgan fingerprint density at radius 3 is 2.14 bits per heavy atom. The molecule has 0 spiro atoms. The molecule has 4 heteroatoms. The van der Waals surface area contributed by atoms with Crippen LogP contribution in [0.2, 0.25) is 0 Å². The van der Waals surface area contributed by atoms with Crippen molar-refractivity contribution in [2.24, 2.45) is 0 Å². The van der Waals surface area contributed by atoms with Crippen molar-refractivity contribution in [3.8, 4) is 5.69 Å². The van der Waals surface area contributed by atoms with Crippen molar-refractivity contribution >= 4 is 65.7 Å². The van der Waals surface area contributed by atoms with E-state index >= 15 is 0 Å². The van der Waals surface area contributed by atoms with E-state index in [2.05, 4.69) is 107 Å². The van der Waals surface area contributed by atoms with Crippen molar-refractivity contribution in [2.45, 2.75) is 13.1 Å². The molecule has 4 nitrogen and oxygen atoms in total. The van der Waals surface area contributed by atoms with Crippen LogP contribution < -0.4 is 5.32 Å². The van der Waals surface area contributed by atoms with Crippen LogP contribution >= 0.6 is 0 Å². The number of nitrogens with zero attached hydrogens (tertiary/aromatic N) is 1. The molecule has 0 aliphatic carbocycles. The average Bonchev–Trinajstić information content (AvgIpc) is 3.71. The molecule has 200 valence electrons. The van der Waals surface area contributed by atoms with Gasteiger partial charge in [0.25, 0.3) is 0 Å². The minimum absolute atomic E-state index is 0.754. The van der Waals surface area contributed by atoms with Crippen LogP contribution in [0.4, 0.5) is 0 Å². The molecule has 0 aliphatic heterocycles. The van der Waals surface area contributed by atoms with Gasteiger partial charge in [0.05, 0.1) is 16.4 Å². The van der Waals surface area contributed by atoms with Crippen LogP contribution in [-0.4, -0.2) is 4.57 Å². The maximum Gasteiger partial charge on any atom is 0.145 e. The number of fused-ring (bicyclic) bond motifs is 10. The van der Waals surface area contributed by atoms with E-state index in [4.69, 9.17) is 8.83 Å². The summed E-state index contributed by atoms with van der Waals surface area (Å²) in [4.78, 5) is 0. The van der Waals surface area contributed by atoms with Gasteiger partial charge in [0, 0.05) is 45.7 Å². The van der Waals surface area contributed by atoms with Crippen LogP contribution in [0.15, 0.2) is 136 Å². The Hall–Kier alpha value is -5.32. The first-order valence-electron chi connectivity index (χ1n) is 14.4. The van der Waals surface area contributed by atoms with Crippen LogP contribution in [0, 0.1) is 0 Å². The molecule has 0 fully saturated rings. The van der Waals surface area contributed by atoms with Crippen molar-refractivity contribution in [3.05, 3.63) is 139 Å². The SMILES string of the molecule is c1cc(CNCc2cccc3oc4ccccc4c23)cc(-n2c3ccccc3c3c4oc5ccccc5c4ccc32)c1. The first kappa shape index (κ1) is 23.4. The van der Waals surface area contributed by atoms with E-state index in [0.29, 0.717) is 0 Å². The summed E-state index contributed by atoms with van der Waals surface area (Å²) in [5.74, 6) is 0. The minimum atomic E-state index is 0.754. The van der Waals surface area contributed by atoms with E-state index in [9.17, 15) is 0 Å². The molecule has 0 amide bonds. The topological polar surface area (TPSA) is 43.2 Å². The summed E-state index contributed by atoms with van der Waals surface area (Å²) in [6.45, 7) is 1.51. The third kappa shape index (κ3) is 3.46. The molecule has 0 bridgehead atoms. The summed E-state index contributed by atoms with van der Waals surface area (Å²) in [5.41, 5.74) is 9.65. The number of furan rings is 2. The maximum atomic E-state index is 6.46. The number of hydrogen-bond donors (Lipinski definition) is 1. The Bertz CT molecular complexity index is 2460.